The molecule has 0 fully saturated rings. The molecule has 2 aromatic rings. The van der Waals surface area contributed by atoms with Crippen LogP contribution in [0.4, 0.5) is 0 Å². The Hall–Kier alpha value is -1.93. The van der Waals surface area contributed by atoms with E-state index in [0.717, 1.165) is 10.2 Å². The first-order chi connectivity index (χ1) is 9.56. The maximum Gasteiger partial charge on any atom is 0.187 e. The number of nitrogens with zero attached hydrogens (tertiary/aromatic N) is 3. The molecule has 0 radical (unpaired) electrons. The fourth-order valence-corrected chi connectivity index (χ4v) is 2.54. The third-order valence-corrected chi connectivity index (χ3v) is 3.57. The fraction of sp³-hybridized carbons (Fsp3) is 0.267. The Morgan fingerprint density at radius 1 is 1.55 bits per heavy atom. The summed E-state index contributed by atoms with van der Waals surface area (Å²) in [5, 5.41) is 13.6. The molecular formula is C15H14BrN3O. The number of aryl methyl sites for hydroxylation is 2. The van der Waals surface area contributed by atoms with Crippen LogP contribution in [0.3, 0.4) is 0 Å². The highest BCUT2D eigenvalue weighted by molar-refractivity contribution is 9.10. The van der Waals surface area contributed by atoms with Crippen LogP contribution in [0.25, 0.3) is 0 Å². The highest BCUT2D eigenvalue weighted by atomic mass is 79.9. The van der Waals surface area contributed by atoms with E-state index in [1.807, 2.05) is 19.1 Å². The molecule has 1 aromatic carbocycles. The van der Waals surface area contributed by atoms with Gasteiger partial charge in [-0.1, -0.05) is 35.0 Å². The monoisotopic (exact) mass is 331 g/mol. The smallest absolute Gasteiger partial charge is 0.187 e. The number of hydrogen-bond donors (Lipinski definition) is 0. The van der Waals surface area contributed by atoms with Gasteiger partial charge in [0.25, 0.3) is 0 Å². The van der Waals surface area contributed by atoms with Crippen molar-refractivity contribution >= 4 is 21.7 Å². The lowest BCUT2D eigenvalue weighted by atomic mass is 9.92. The number of aromatic nitrogens is 2. The quantitative estimate of drug-likeness (QED) is 0.808. The lowest BCUT2D eigenvalue weighted by Crippen LogP contribution is -2.12. The lowest BCUT2D eigenvalue weighted by molar-refractivity contribution is 0.0978. The Kier molecular flexibility index (Phi) is 4.35. The average molecular weight is 332 g/mol. The van der Waals surface area contributed by atoms with Crippen LogP contribution in [0.5, 0.6) is 0 Å². The molecular weight excluding hydrogens is 318 g/mol. The van der Waals surface area contributed by atoms with E-state index in [2.05, 4.69) is 27.1 Å². The van der Waals surface area contributed by atoms with Gasteiger partial charge in [0.15, 0.2) is 5.78 Å². The summed E-state index contributed by atoms with van der Waals surface area (Å²) in [6.45, 7) is 1.94. The number of hydrogen-bond acceptors (Lipinski definition) is 3. The maximum absolute atomic E-state index is 12.6. The van der Waals surface area contributed by atoms with E-state index in [1.165, 1.54) is 0 Å². The van der Waals surface area contributed by atoms with Crippen LogP contribution in [-0.2, 0) is 13.5 Å². The minimum Gasteiger partial charge on any atom is -0.292 e. The molecule has 1 atom stereocenters. The van der Waals surface area contributed by atoms with Crippen molar-refractivity contribution in [2.45, 2.75) is 19.3 Å². The predicted octanol–water partition coefficient (Wildman–Crippen LogP) is 3.24. The largest absolute Gasteiger partial charge is 0.292 e. The summed E-state index contributed by atoms with van der Waals surface area (Å²) in [5.41, 5.74) is 1.95. The number of rotatable bonds is 4. The number of ketones is 1. The molecule has 5 heteroatoms. The summed E-state index contributed by atoms with van der Waals surface area (Å²) < 4.78 is 2.46. The van der Waals surface area contributed by atoms with Crippen molar-refractivity contribution in [2.75, 3.05) is 0 Å². The SMILES string of the molecule is CCc1nn(C)cc1C(=O)C(C#N)c1cccc(Br)c1. The molecule has 1 aromatic heterocycles. The third kappa shape index (κ3) is 2.81. The molecule has 0 aliphatic rings. The van der Waals surface area contributed by atoms with Crippen molar-refractivity contribution in [3.8, 4) is 6.07 Å². The van der Waals surface area contributed by atoms with Gasteiger partial charge in [0.1, 0.15) is 5.92 Å². The average Bonchev–Trinajstić information content (AvgIpc) is 2.81. The summed E-state index contributed by atoms with van der Waals surface area (Å²) >= 11 is 3.36. The molecule has 0 saturated carbocycles. The van der Waals surface area contributed by atoms with E-state index in [1.54, 1.807) is 30.1 Å². The molecule has 102 valence electrons. The van der Waals surface area contributed by atoms with Gasteiger partial charge >= 0.3 is 0 Å². The van der Waals surface area contributed by atoms with Crippen molar-refractivity contribution in [3.63, 3.8) is 0 Å². The molecule has 0 saturated heterocycles. The Morgan fingerprint density at radius 3 is 2.90 bits per heavy atom. The summed E-state index contributed by atoms with van der Waals surface area (Å²) in [4.78, 5) is 12.6. The predicted molar refractivity (Wildman–Crippen MR) is 79.4 cm³/mol. The van der Waals surface area contributed by atoms with Crippen molar-refractivity contribution in [1.82, 2.24) is 9.78 Å². The second kappa shape index (κ2) is 6.02. The van der Waals surface area contributed by atoms with Crippen molar-refractivity contribution < 1.29 is 4.79 Å². The van der Waals surface area contributed by atoms with E-state index in [0.29, 0.717) is 17.5 Å². The first-order valence-electron chi connectivity index (χ1n) is 6.28. The topological polar surface area (TPSA) is 58.7 Å². The first-order valence-corrected chi connectivity index (χ1v) is 7.08. The molecule has 0 aliphatic heterocycles. The minimum atomic E-state index is -0.804. The van der Waals surface area contributed by atoms with E-state index < -0.39 is 5.92 Å². The molecule has 2 rings (SSSR count). The van der Waals surface area contributed by atoms with E-state index in [4.69, 9.17) is 0 Å². The van der Waals surface area contributed by atoms with E-state index >= 15 is 0 Å². The Bertz CT molecular complexity index is 685. The summed E-state index contributed by atoms with van der Waals surface area (Å²) in [6.07, 6.45) is 2.35. The molecule has 0 aliphatic carbocycles. The van der Waals surface area contributed by atoms with Gasteiger partial charge in [0, 0.05) is 17.7 Å². The Balaban J connectivity index is 2.42. The number of Topliss-reactive ketones (excluding diaryl/α,β-unsaturated/α-hetero) is 1. The lowest BCUT2D eigenvalue weighted by Gasteiger charge is -2.08. The summed E-state index contributed by atoms with van der Waals surface area (Å²) in [5.74, 6) is -1.00. The van der Waals surface area contributed by atoms with Crippen LogP contribution in [0, 0.1) is 11.3 Å². The zero-order valence-electron chi connectivity index (χ0n) is 11.3. The third-order valence-electron chi connectivity index (χ3n) is 3.08. The number of carbonyl (C=O) groups is 1. The molecule has 1 unspecified atom stereocenters. The van der Waals surface area contributed by atoms with E-state index in [9.17, 15) is 10.1 Å². The van der Waals surface area contributed by atoms with Gasteiger partial charge in [0.2, 0.25) is 0 Å². The number of benzene rings is 1. The molecule has 4 nitrogen and oxygen atoms in total. The van der Waals surface area contributed by atoms with Gasteiger partial charge in [-0.2, -0.15) is 10.4 Å². The van der Waals surface area contributed by atoms with Gasteiger partial charge < -0.3 is 0 Å². The standard InChI is InChI=1S/C15H14BrN3O/c1-3-14-13(9-19(2)18-14)15(20)12(8-17)10-5-4-6-11(16)7-10/h4-7,9,12H,3H2,1-2H3. The van der Waals surface area contributed by atoms with Gasteiger partial charge in [-0.25, -0.2) is 0 Å². The van der Waals surface area contributed by atoms with Crippen LogP contribution >= 0.6 is 15.9 Å². The van der Waals surface area contributed by atoms with Gasteiger partial charge in [-0.05, 0) is 24.1 Å². The normalized spacial score (nSPS) is 11.9. The van der Waals surface area contributed by atoms with Crippen LogP contribution < -0.4 is 0 Å². The molecule has 0 amide bonds. The fourth-order valence-electron chi connectivity index (χ4n) is 2.13. The molecule has 0 bridgehead atoms. The zero-order valence-corrected chi connectivity index (χ0v) is 12.9. The van der Waals surface area contributed by atoms with Gasteiger partial charge in [-0.15, -0.1) is 0 Å². The number of carbonyl (C=O) groups excluding carboxylic acids is 1. The second-order valence-corrected chi connectivity index (χ2v) is 5.41. The summed E-state index contributed by atoms with van der Waals surface area (Å²) in [7, 11) is 1.77. The molecule has 0 N–H and O–H groups in total. The van der Waals surface area contributed by atoms with Crippen LogP contribution in [0.15, 0.2) is 34.9 Å². The molecule has 20 heavy (non-hydrogen) atoms. The van der Waals surface area contributed by atoms with E-state index in [-0.39, 0.29) is 5.78 Å². The first kappa shape index (κ1) is 14.5. The molecule has 1 heterocycles. The zero-order chi connectivity index (χ0) is 14.7. The van der Waals surface area contributed by atoms with Gasteiger partial charge in [0.05, 0.1) is 17.3 Å². The highest BCUT2D eigenvalue weighted by Gasteiger charge is 2.25. The highest BCUT2D eigenvalue weighted by Crippen LogP contribution is 2.24. The van der Waals surface area contributed by atoms with Gasteiger partial charge in [-0.3, -0.25) is 9.48 Å². The second-order valence-electron chi connectivity index (χ2n) is 4.50. The maximum atomic E-state index is 12.6. The number of nitriles is 1. The van der Waals surface area contributed by atoms with Crippen molar-refractivity contribution in [2.24, 2.45) is 7.05 Å². The van der Waals surface area contributed by atoms with Crippen LogP contribution in [0.2, 0.25) is 0 Å². The van der Waals surface area contributed by atoms with Crippen molar-refractivity contribution in [1.29, 1.82) is 5.26 Å². The number of halogens is 1. The van der Waals surface area contributed by atoms with Crippen LogP contribution in [0.1, 0.15) is 34.5 Å². The minimum absolute atomic E-state index is 0.199. The molecule has 0 spiro atoms. The van der Waals surface area contributed by atoms with Crippen LogP contribution in [-0.4, -0.2) is 15.6 Å². The van der Waals surface area contributed by atoms with Crippen molar-refractivity contribution in [3.05, 3.63) is 51.8 Å². The Labute approximate surface area is 126 Å². The summed E-state index contributed by atoms with van der Waals surface area (Å²) in [6, 6.07) is 9.37. The Morgan fingerprint density at radius 2 is 2.30 bits per heavy atom.